The zero-order valence-corrected chi connectivity index (χ0v) is 12.2. The SMILES string of the molecule is NCc1ccc(S(=O)(=O)Nc2cccc(F)c2F)cc1Cl. The molecule has 0 radical (unpaired) electrons. The summed E-state index contributed by atoms with van der Waals surface area (Å²) in [6, 6.07) is 7.14. The number of hydrogen-bond acceptors (Lipinski definition) is 3. The molecule has 0 aromatic heterocycles. The van der Waals surface area contributed by atoms with Gasteiger partial charge in [-0.05, 0) is 29.8 Å². The molecule has 2 aromatic carbocycles. The van der Waals surface area contributed by atoms with Gasteiger partial charge in [-0.25, -0.2) is 17.2 Å². The van der Waals surface area contributed by atoms with Gasteiger partial charge in [-0.15, -0.1) is 0 Å². The van der Waals surface area contributed by atoms with Crippen LogP contribution in [0.1, 0.15) is 5.56 Å². The number of nitrogens with one attached hydrogen (secondary N) is 1. The first-order chi connectivity index (χ1) is 9.85. The number of sulfonamides is 1. The van der Waals surface area contributed by atoms with Gasteiger partial charge in [0.25, 0.3) is 10.0 Å². The molecule has 0 fully saturated rings. The molecule has 8 heteroatoms. The van der Waals surface area contributed by atoms with E-state index in [0.717, 1.165) is 12.1 Å². The molecular formula is C13H11ClF2N2O2S. The van der Waals surface area contributed by atoms with E-state index in [-0.39, 0.29) is 16.5 Å². The normalized spacial score (nSPS) is 11.4. The van der Waals surface area contributed by atoms with Crippen LogP contribution in [-0.4, -0.2) is 8.42 Å². The highest BCUT2D eigenvalue weighted by Gasteiger charge is 2.18. The average Bonchev–Trinajstić information content (AvgIpc) is 2.43. The first kappa shape index (κ1) is 15.7. The van der Waals surface area contributed by atoms with Crippen molar-refractivity contribution in [2.75, 3.05) is 4.72 Å². The number of halogens is 3. The molecule has 0 bridgehead atoms. The zero-order valence-electron chi connectivity index (χ0n) is 10.6. The highest BCUT2D eigenvalue weighted by molar-refractivity contribution is 7.92. The van der Waals surface area contributed by atoms with E-state index >= 15 is 0 Å². The second-order valence-electron chi connectivity index (χ2n) is 4.16. The van der Waals surface area contributed by atoms with Crippen LogP contribution in [0.2, 0.25) is 5.02 Å². The molecule has 0 saturated carbocycles. The molecule has 0 aliphatic rings. The topological polar surface area (TPSA) is 72.2 Å². The number of nitrogens with two attached hydrogens (primary N) is 1. The summed E-state index contributed by atoms with van der Waals surface area (Å²) in [5.74, 6) is -2.42. The van der Waals surface area contributed by atoms with E-state index in [4.69, 9.17) is 17.3 Å². The summed E-state index contributed by atoms with van der Waals surface area (Å²) in [6.07, 6.45) is 0. The quantitative estimate of drug-likeness (QED) is 0.904. The minimum atomic E-state index is -4.08. The van der Waals surface area contributed by atoms with E-state index < -0.39 is 27.3 Å². The highest BCUT2D eigenvalue weighted by atomic mass is 35.5. The van der Waals surface area contributed by atoms with Gasteiger partial charge in [0.1, 0.15) is 0 Å². The van der Waals surface area contributed by atoms with Gasteiger partial charge in [0.05, 0.1) is 10.6 Å². The van der Waals surface area contributed by atoms with E-state index in [0.29, 0.717) is 5.56 Å². The minimum Gasteiger partial charge on any atom is -0.326 e. The van der Waals surface area contributed by atoms with Crippen LogP contribution in [0, 0.1) is 11.6 Å². The molecule has 0 heterocycles. The van der Waals surface area contributed by atoms with Crippen LogP contribution in [0.4, 0.5) is 14.5 Å². The first-order valence-corrected chi connectivity index (χ1v) is 7.66. The predicted octanol–water partition coefficient (Wildman–Crippen LogP) is 2.88. The molecular weight excluding hydrogens is 322 g/mol. The zero-order chi connectivity index (χ0) is 15.6. The Labute approximate surface area is 125 Å². The van der Waals surface area contributed by atoms with Gasteiger partial charge in [-0.1, -0.05) is 23.7 Å². The Hall–Kier alpha value is -1.70. The van der Waals surface area contributed by atoms with Crippen molar-refractivity contribution >= 4 is 27.3 Å². The van der Waals surface area contributed by atoms with Crippen LogP contribution in [-0.2, 0) is 16.6 Å². The molecule has 0 atom stereocenters. The van der Waals surface area contributed by atoms with Crippen molar-refractivity contribution in [3.8, 4) is 0 Å². The second-order valence-corrected chi connectivity index (χ2v) is 6.25. The Balaban J connectivity index is 2.39. The number of hydrogen-bond donors (Lipinski definition) is 2. The third-order valence-electron chi connectivity index (χ3n) is 2.75. The van der Waals surface area contributed by atoms with E-state index in [1.807, 2.05) is 4.72 Å². The van der Waals surface area contributed by atoms with Gasteiger partial charge in [-0.2, -0.15) is 0 Å². The first-order valence-electron chi connectivity index (χ1n) is 5.80. The van der Waals surface area contributed by atoms with Crippen LogP contribution in [0.25, 0.3) is 0 Å². The molecule has 4 nitrogen and oxygen atoms in total. The maximum Gasteiger partial charge on any atom is 0.262 e. The Morgan fingerprint density at radius 2 is 1.90 bits per heavy atom. The number of anilines is 1. The van der Waals surface area contributed by atoms with Crippen LogP contribution in [0.15, 0.2) is 41.3 Å². The maximum absolute atomic E-state index is 13.5. The summed E-state index contributed by atoms with van der Waals surface area (Å²) in [5.41, 5.74) is 5.53. The van der Waals surface area contributed by atoms with Crippen LogP contribution in [0.5, 0.6) is 0 Å². The van der Waals surface area contributed by atoms with Crippen LogP contribution >= 0.6 is 11.6 Å². The smallest absolute Gasteiger partial charge is 0.262 e. The lowest BCUT2D eigenvalue weighted by Crippen LogP contribution is -2.14. The lowest BCUT2D eigenvalue weighted by Gasteiger charge is -2.10. The van der Waals surface area contributed by atoms with Gasteiger partial charge in [0.15, 0.2) is 11.6 Å². The Kier molecular flexibility index (Phi) is 4.46. The van der Waals surface area contributed by atoms with Crippen molar-refractivity contribution in [2.24, 2.45) is 5.73 Å². The molecule has 0 unspecified atom stereocenters. The van der Waals surface area contributed by atoms with Gasteiger partial charge < -0.3 is 5.73 Å². The number of benzene rings is 2. The van der Waals surface area contributed by atoms with Gasteiger partial charge in [0, 0.05) is 11.6 Å². The summed E-state index contributed by atoms with van der Waals surface area (Å²) in [5, 5.41) is 0.181. The summed E-state index contributed by atoms with van der Waals surface area (Å²) in [4.78, 5) is -0.173. The van der Waals surface area contributed by atoms with Crippen molar-refractivity contribution in [3.63, 3.8) is 0 Å². The predicted molar refractivity (Wildman–Crippen MR) is 76.5 cm³/mol. The third-order valence-corrected chi connectivity index (χ3v) is 4.47. The van der Waals surface area contributed by atoms with E-state index in [1.54, 1.807) is 0 Å². The minimum absolute atomic E-state index is 0.158. The van der Waals surface area contributed by atoms with Crippen molar-refractivity contribution in [3.05, 3.63) is 58.6 Å². The molecule has 112 valence electrons. The maximum atomic E-state index is 13.5. The largest absolute Gasteiger partial charge is 0.326 e. The molecule has 0 aliphatic heterocycles. The lowest BCUT2D eigenvalue weighted by atomic mass is 10.2. The lowest BCUT2D eigenvalue weighted by molar-refractivity contribution is 0.511. The van der Waals surface area contributed by atoms with Crippen molar-refractivity contribution in [2.45, 2.75) is 11.4 Å². The molecule has 0 spiro atoms. The third kappa shape index (κ3) is 3.31. The standard InChI is InChI=1S/C13H11ClF2N2O2S/c14-10-6-9(5-4-8(10)7-17)21(19,20)18-12-3-1-2-11(15)13(12)16/h1-6,18H,7,17H2. The molecule has 0 amide bonds. The molecule has 0 aliphatic carbocycles. The molecule has 2 aromatic rings. The van der Waals surface area contributed by atoms with Crippen molar-refractivity contribution in [1.82, 2.24) is 0 Å². The summed E-state index contributed by atoms with van der Waals surface area (Å²) in [7, 11) is -4.08. The van der Waals surface area contributed by atoms with E-state index in [1.165, 1.54) is 24.3 Å². The molecule has 3 N–H and O–H groups in total. The fourth-order valence-electron chi connectivity index (χ4n) is 1.65. The summed E-state index contributed by atoms with van der Waals surface area (Å²) >= 11 is 5.89. The summed E-state index contributed by atoms with van der Waals surface area (Å²) in [6.45, 7) is 0.158. The van der Waals surface area contributed by atoms with Crippen molar-refractivity contribution < 1.29 is 17.2 Å². The number of rotatable bonds is 4. The van der Waals surface area contributed by atoms with Crippen molar-refractivity contribution in [1.29, 1.82) is 0 Å². The average molecular weight is 333 g/mol. The van der Waals surface area contributed by atoms with Gasteiger partial charge in [-0.3, -0.25) is 4.72 Å². The van der Waals surface area contributed by atoms with Gasteiger partial charge in [0.2, 0.25) is 0 Å². The van der Waals surface area contributed by atoms with Gasteiger partial charge >= 0.3 is 0 Å². The molecule has 21 heavy (non-hydrogen) atoms. The second kappa shape index (κ2) is 5.97. The van der Waals surface area contributed by atoms with E-state index in [2.05, 4.69) is 0 Å². The van der Waals surface area contributed by atoms with E-state index in [9.17, 15) is 17.2 Å². The monoisotopic (exact) mass is 332 g/mol. The highest BCUT2D eigenvalue weighted by Crippen LogP contribution is 2.24. The van der Waals surface area contributed by atoms with Crippen LogP contribution < -0.4 is 10.5 Å². The summed E-state index contributed by atoms with van der Waals surface area (Å²) < 4.78 is 52.8. The Bertz CT molecular complexity index is 782. The van der Waals surface area contributed by atoms with Crippen LogP contribution in [0.3, 0.4) is 0 Å². The molecule has 0 saturated heterocycles. The molecule has 2 rings (SSSR count). The fourth-order valence-corrected chi connectivity index (χ4v) is 3.05. The fraction of sp³-hybridized carbons (Fsp3) is 0.0769. The Morgan fingerprint density at radius 1 is 1.19 bits per heavy atom. The Morgan fingerprint density at radius 3 is 2.52 bits per heavy atom.